The Hall–Kier alpha value is -2.94. The number of aryl methyl sites for hydroxylation is 3. The molecule has 0 aliphatic heterocycles. The molecule has 0 fully saturated rings. The number of rotatable bonds is 8. The summed E-state index contributed by atoms with van der Waals surface area (Å²) in [5.41, 5.74) is 2.94. The SMILES string of the molecule is CCc1ccc(OCCS(=O)(=O)Nc2cc(-n3nc(C)cc3C)ncn2)cc1. The van der Waals surface area contributed by atoms with E-state index in [0.717, 1.165) is 17.8 Å². The van der Waals surface area contributed by atoms with Crippen molar-refractivity contribution >= 4 is 15.8 Å². The number of hydrogen-bond donors (Lipinski definition) is 1. The van der Waals surface area contributed by atoms with Crippen LogP contribution in [0.1, 0.15) is 23.9 Å². The second-order valence-electron chi connectivity index (χ2n) is 6.37. The van der Waals surface area contributed by atoms with E-state index in [4.69, 9.17) is 4.74 Å². The molecule has 0 spiro atoms. The van der Waals surface area contributed by atoms with Crippen LogP contribution in [0.4, 0.5) is 5.82 Å². The normalized spacial score (nSPS) is 11.4. The van der Waals surface area contributed by atoms with Crippen molar-refractivity contribution in [2.75, 3.05) is 17.1 Å². The monoisotopic (exact) mass is 401 g/mol. The second-order valence-corrected chi connectivity index (χ2v) is 8.21. The molecule has 1 aromatic carbocycles. The van der Waals surface area contributed by atoms with Gasteiger partial charge in [-0.05, 0) is 44.0 Å². The number of sulfonamides is 1. The molecule has 0 aliphatic carbocycles. The fourth-order valence-corrected chi connectivity index (χ4v) is 3.52. The summed E-state index contributed by atoms with van der Waals surface area (Å²) in [7, 11) is -3.62. The van der Waals surface area contributed by atoms with Gasteiger partial charge in [0.05, 0.1) is 5.69 Å². The van der Waals surface area contributed by atoms with Crippen LogP contribution in [0, 0.1) is 13.8 Å². The highest BCUT2D eigenvalue weighted by Gasteiger charge is 2.13. The number of benzene rings is 1. The number of anilines is 1. The van der Waals surface area contributed by atoms with Gasteiger partial charge in [0.15, 0.2) is 5.82 Å². The minimum absolute atomic E-state index is 0.0379. The molecular formula is C19H23N5O3S. The summed E-state index contributed by atoms with van der Waals surface area (Å²) in [5.74, 6) is 1.12. The van der Waals surface area contributed by atoms with Crippen LogP contribution in [0.3, 0.4) is 0 Å². The van der Waals surface area contributed by atoms with E-state index in [1.807, 2.05) is 44.2 Å². The van der Waals surface area contributed by atoms with Crippen LogP contribution < -0.4 is 9.46 Å². The van der Waals surface area contributed by atoms with Gasteiger partial charge in [-0.3, -0.25) is 4.72 Å². The lowest BCUT2D eigenvalue weighted by molar-refractivity contribution is 0.341. The lowest BCUT2D eigenvalue weighted by Gasteiger charge is -2.10. The largest absolute Gasteiger partial charge is 0.492 e. The molecule has 2 heterocycles. The number of ether oxygens (including phenoxy) is 1. The van der Waals surface area contributed by atoms with Crippen molar-refractivity contribution in [3.63, 3.8) is 0 Å². The molecule has 0 radical (unpaired) electrons. The van der Waals surface area contributed by atoms with Crippen LogP contribution in [-0.2, 0) is 16.4 Å². The number of aromatic nitrogens is 4. The fraction of sp³-hybridized carbons (Fsp3) is 0.316. The Morgan fingerprint density at radius 1 is 1.11 bits per heavy atom. The Kier molecular flexibility index (Phi) is 5.93. The second kappa shape index (κ2) is 8.39. The molecule has 1 N–H and O–H groups in total. The van der Waals surface area contributed by atoms with Crippen molar-refractivity contribution in [2.45, 2.75) is 27.2 Å². The topological polar surface area (TPSA) is 99.0 Å². The summed E-state index contributed by atoms with van der Waals surface area (Å²) in [6, 6.07) is 11.1. The van der Waals surface area contributed by atoms with Gasteiger partial charge in [0, 0.05) is 11.8 Å². The highest BCUT2D eigenvalue weighted by molar-refractivity contribution is 7.92. The first-order chi connectivity index (χ1) is 13.4. The zero-order chi connectivity index (χ0) is 20.1. The molecule has 0 atom stereocenters. The van der Waals surface area contributed by atoms with Gasteiger partial charge in [-0.1, -0.05) is 19.1 Å². The molecule has 0 saturated carbocycles. The van der Waals surface area contributed by atoms with Crippen LogP contribution in [0.25, 0.3) is 5.82 Å². The van der Waals surface area contributed by atoms with Gasteiger partial charge in [0.25, 0.3) is 0 Å². The molecule has 0 amide bonds. The van der Waals surface area contributed by atoms with Crippen LogP contribution in [0.2, 0.25) is 0 Å². The van der Waals surface area contributed by atoms with Gasteiger partial charge in [0.2, 0.25) is 10.0 Å². The van der Waals surface area contributed by atoms with Crippen LogP contribution >= 0.6 is 0 Å². The van der Waals surface area contributed by atoms with Gasteiger partial charge >= 0.3 is 0 Å². The van der Waals surface area contributed by atoms with Gasteiger partial charge in [0.1, 0.15) is 30.3 Å². The van der Waals surface area contributed by atoms with E-state index >= 15 is 0 Å². The number of hydrogen-bond acceptors (Lipinski definition) is 6. The highest BCUT2D eigenvalue weighted by Crippen LogP contribution is 2.15. The van der Waals surface area contributed by atoms with Crippen LogP contribution in [0.5, 0.6) is 5.75 Å². The van der Waals surface area contributed by atoms with Gasteiger partial charge in [-0.2, -0.15) is 5.10 Å². The van der Waals surface area contributed by atoms with Gasteiger partial charge in [-0.25, -0.2) is 23.1 Å². The van der Waals surface area contributed by atoms with Crippen LogP contribution in [-0.4, -0.2) is 40.5 Å². The summed E-state index contributed by atoms with van der Waals surface area (Å²) >= 11 is 0. The maximum atomic E-state index is 12.3. The molecule has 3 aromatic rings. The van der Waals surface area contributed by atoms with E-state index in [0.29, 0.717) is 11.6 Å². The summed E-state index contributed by atoms with van der Waals surface area (Å²) in [5, 5.41) is 4.34. The molecule has 0 bridgehead atoms. The van der Waals surface area contributed by atoms with E-state index in [-0.39, 0.29) is 18.2 Å². The molecule has 0 saturated heterocycles. The van der Waals surface area contributed by atoms with Gasteiger partial charge < -0.3 is 4.74 Å². The molecule has 3 rings (SSSR count). The lowest BCUT2D eigenvalue weighted by atomic mass is 10.2. The van der Waals surface area contributed by atoms with E-state index in [9.17, 15) is 8.42 Å². The molecule has 0 unspecified atom stereocenters. The smallest absolute Gasteiger partial charge is 0.237 e. The van der Waals surface area contributed by atoms with E-state index in [1.165, 1.54) is 11.9 Å². The van der Waals surface area contributed by atoms with Crippen molar-refractivity contribution in [1.29, 1.82) is 0 Å². The van der Waals surface area contributed by atoms with Crippen molar-refractivity contribution < 1.29 is 13.2 Å². The average molecular weight is 401 g/mol. The molecule has 148 valence electrons. The Labute approximate surface area is 164 Å². The predicted octanol–water partition coefficient (Wildman–Crippen LogP) is 2.66. The van der Waals surface area contributed by atoms with Crippen molar-refractivity contribution in [1.82, 2.24) is 19.7 Å². The third kappa shape index (κ3) is 5.07. The third-order valence-corrected chi connectivity index (χ3v) is 5.32. The number of nitrogens with one attached hydrogen (secondary N) is 1. The van der Waals surface area contributed by atoms with E-state index in [2.05, 4.69) is 26.7 Å². The van der Waals surface area contributed by atoms with E-state index in [1.54, 1.807) is 10.7 Å². The fourth-order valence-electron chi connectivity index (χ4n) is 2.68. The Morgan fingerprint density at radius 3 is 2.50 bits per heavy atom. The highest BCUT2D eigenvalue weighted by atomic mass is 32.2. The standard InChI is InChI=1S/C19H23N5O3S/c1-4-16-5-7-17(8-6-16)27-9-10-28(25,26)23-18-12-19(21-13-20-18)24-15(3)11-14(2)22-24/h5-8,11-13H,4,9-10H2,1-3H3,(H,20,21,23). The first-order valence-electron chi connectivity index (χ1n) is 8.94. The predicted molar refractivity (Wildman–Crippen MR) is 107 cm³/mol. The zero-order valence-corrected chi connectivity index (χ0v) is 16.9. The first kappa shape index (κ1) is 19.8. The Balaban J connectivity index is 1.62. The zero-order valence-electron chi connectivity index (χ0n) is 16.1. The lowest BCUT2D eigenvalue weighted by Crippen LogP contribution is -2.22. The molecule has 9 heteroatoms. The summed E-state index contributed by atoms with van der Waals surface area (Å²) in [6.45, 7) is 5.89. The van der Waals surface area contributed by atoms with Crippen molar-refractivity contribution in [3.05, 3.63) is 59.7 Å². The molecule has 0 aliphatic rings. The van der Waals surface area contributed by atoms with Crippen molar-refractivity contribution in [3.8, 4) is 11.6 Å². The van der Waals surface area contributed by atoms with Crippen molar-refractivity contribution in [2.24, 2.45) is 0 Å². The first-order valence-corrected chi connectivity index (χ1v) is 10.6. The minimum atomic E-state index is -3.62. The molecular weight excluding hydrogens is 378 g/mol. The van der Waals surface area contributed by atoms with Crippen LogP contribution in [0.15, 0.2) is 42.7 Å². The number of nitrogens with zero attached hydrogens (tertiary/aromatic N) is 4. The third-order valence-electron chi connectivity index (χ3n) is 4.09. The van der Waals surface area contributed by atoms with E-state index < -0.39 is 10.0 Å². The molecule has 2 aromatic heterocycles. The maximum absolute atomic E-state index is 12.3. The Bertz CT molecular complexity index is 1050. The summed E-state index contributed by atoms with van der Waals surface area (Å²) in [6.07, 6.45) is 2.24. The molecule has 28 heavy (non-hydrogen) atoms. The quantitative estimate of drug-likeness (QED) is 0.623. The van der Waals surface area contributed by atoms with Gasteiger partial charge in [-0.15, -0.1) is 0 Å². The average Bonchev–Trinajstić information content (AvgIpc) is 3.00. The summed E-state index contributed by atoms with van der Waals surface area (Å²) < 4.78 is 34.3. The molecule has 8 nitrogen and oxygen atoms in total. The summed E-state index contributed by atoms with van der Waals surface area (Å²) in [4.78, 5) is 8.15. The maximum Gasteiger partial charge on any atom is 0.237 e. The minimum Gasteiger partial charge on any atom is -0.492 e. The Morgan fingerprint density at radius 2 is 1.86 bits per heavy atom.